The van der Waals surface area contributed by atoms with Crippen LogP contribution in [0.15, 0.2) is 52.4 Å². The average molecular weight is 467 g/mol. The highest BCUT2D eigenvalue weighted by Crippen LogP contribution is 2.28. The number of fused-ring (bicyclic) bond motifs is 1. The van der Waals surface area contributed by atoms with Gasteiger partial charge in [0.25, 0.3) is 11.5 Å². The van der Waals surface area contributed by atoms with Crippen molar-refractivity contribution < 1.29 is 13.2 Å². The number of nitrogens with one attached hydrogen (secondary N) is 1. The third-order valence-electron chi connectivity index (χ3n) is 4.82. The van der Waals surface area contributed by atoms with Crippen LogP contribution in [-0.2, 0) is 10.0 Å². The zero-order valence-electron chi connectivity index (χ0n) is 15.5. The second kappa shape index (κ2) is 7.99. The van der Waals surface area contributed by atoms with Crippen LogP contribution < -0.4 is 11.0 Å². The van der Waals surface area contributed by atoms with E-state index in [1.54, 1.807) is 12.1 Å². The van der Waals surface area contributed by atoms with E-state index in [9.17, 15) is 18.0 Å². The average Bonchev–Trinajstić information content (AvgIpc) is 3.26. The molecular formula is C19H16Cl2N4O4S. The Morgan fingerprint density at radius 3 is 2.53 bits per heavy atom. The van der Waals surface area contributed by atoms with Gasteiger partial charge in [-0.05, 0) is 49.2 Å². The molecule has 156 valence electrons. The SMILES string of the molecule is O=C(Nn1cnc2ccc(Cl)cc2c1=O)c1ccc(Cl)c(S(=O)(=O)N2CCCC2)c1. The van der Waals surface area contributed by atoms with E-state index in [1.165, 1.54) is 34.9 Å². The van der Waals surface area contributed by atoms with Gasteiger partial charge in [-0.25, -0.2) is 18.1 Å². The van der Waals surface area contributed by atoms with Crippen molar-refractivity contribution in [3.8, 4) is 0 Å². The number of hydrogen-bond acceptors (Lipinski definition) is 5. The minimum Gasteiger partial charge on any atom is -0.267 e. The summed E-state index contributed by atoms with van der Waals surface area (Å²) in [6.07, 6.45) is 2.73. The first-order chi connectivity index (χ1) is 14.3. The molecular weight excluding hydrogens is 451 g/mol. The van der Waals surface area contributed by atoms with E-state index in [4.69, 9.17) is 23.2 Å². The fourth-order valence-electron chi connectivity index (χ4n) is 3.26. The number of hydrogen-bond donors (Lipinski definition) is 1. The molecule has 1 N–H and O–H groups in total. The third kappa shape index (κ3) is 3.81. The normalized spacial score (nSPS) is 14.9. The molecule has 0 atom stereocenters. The predicted molar refractivity (Wildman–Crippen MR) is 114 cm³/mol. The Bertz CT molecular complexity index is 1320. The van der Waals surface area contributed by atoms with Crippen LogP contribution in [0.1, 0.15) is 23.2 Å². The number of rotatable bonds is 4. The molecule has 0 spiro atoms. The summed E-state index contributed by atoms with van der Waals surface area (Å²) in [6, 6.07) is 8.60. The van der Waals surface area contributed by atoms with E-state index in [-0.39, 0.29) is 20.9 Å². The van der Waals surface area contributed by atoms with E-state index >= 15 is 0 Å². The first kappa shape index (κ1) is 20.8. The lowest BCUT2D eigenvalue weighted by molar-refractivity contribution is 0.101. The summed E-state index contributed by atoms with van der Waals surface area (Å²) in [5.41, 5.74) is 2.36. The highest BCUT2D eigenvalue weighted by molar-refractivity contribution is 7.89. The Morgan fingerprint density at radius 1 is 1.07 bits per heavy atom. The fraction of sp³-hybridized carbons (Fsp3) is 0.211. The Hall–Kier alpha value is -2.46. The Kier molecular flexibility index (Phi) is 5.54. The summed E-state index contributed by atoms with van der Waals surface area (Å²) >= 11 is 12.1. The molecule has 0 saturated carbocycles. The fourth-order valence-corrected chi connectivity index (χ4v) is 5.45. The van der Waals surface area contributed by atoms with Crippen molar-refractivity contribution in [2.75, 3.05) is 18.5 Å². The topological polar surface area (TPSA) is 101 Å². The maximum Gasteiger partial charge on any atom is 0.280 e. The zero-order chi connectivity index (χ0) is 21.5. The van der Waals surface area contributed by atoms with E-state index in [0.717, 1.165) is 17.5 Å². The van der Waals surface area contributed by atoms with Gasteiger partial charge in [-0.3, -0.25) is 15.0 Å². The third-order valence-corrected chi connectivity index (χ3v) is 7.43. The molecule has 1 aliphatic rings. The van der Waals surface area contributed by atoms with Crippen molar-refractivity contribution in [3.05, 3.63) is 68.7 Å². The first-order valence-corrected chi connectivity index (χ1v) is 11.2. The van der Waals surface area contributed by atoms with Crippen molar-refractivity contribution in [2.24, 2.45) is 0 Å². The molecule has 8 nitrogen and oxygen atoms in total. The number of amides is 1. The van der Waals surface area contributed by atoms with Crippen LogP contribution in [0.4, 0.5) is 0 Å². The van der Waals surface area contributed by atoms with Crippen molar-refractivity contribution in [2.45, 2.75) is 17.7 Å². The maximum atomic E-state index is 12.9. The minimum absolute atomic E-state index is 0.0256. The molecule has 0 aliphatic carbocycles. The molecule has 11 heteroatoms. The summed E-state index contributed by atoms with van der Waals surface area (Å²) in [4.78, 5) is 29.3. The summed E-state index contributed by atoms with van der Waals surface area (Å²) in [6.45, 7) is 0.825. The smallest absolute Gasteiger partial charge is 0.267 e. The Morgan fingerprint density at radius 2 is 1.80 bits per heavy atom. The molecule has 2 heterocycles. The molecule has 4 rings (SSSR count). The van der Waals surface area contributed by atoms with Gasteiger partial charge in [0.2, 0.25) is 10.0 Å². The number of aromatic nitrogens is 2. The summed E-state index contributed by atoms with van der Waals surface area (Å²) < 4.78 is 28.0. The van der Waals surface area contributed by atoms with Gasteiger partial charge in [0.05, 0.1) is 15.9 Å². The van der Waals surface area contributed by atoms with Crippen LogP contribution in [0.2, 0.25) is 10.0 Å². The Labute approximate surface area is 182 Å². The number of sulfonamides is 1. The van der Waals surface area contributed by atoms with Crippen molar-refractivity contribution in [1.82, 2.24) is 14.0 Å². The lowest BCUT2D eigenvalue weighted by Gasteiger charge is -2.17. The molecule has 30 heavy (non-hydrogen) atoms. The molecule has 2 aromatic carbocycles. The largest absolute Gasteiger partial charge is 0.280 e. The van der Waals surface area contributed by atoms with E-state index in [0.29, 0.717) is 23.6 Å². The molecule has 1 aliphatic heterocycles. The van der Waals surface area contributed by atoms with Crippen LogP contribution >= 0.6 is 23.2 Å². The lowest BCUT2D eigenvalue weighted by Crippen LogP contribution is -2.33. The van der Waals surface area contributed by atoms with Gasteiger partial charge in [0.1, 0.15) is 11.2 Å². The minimum atomic E-state index is -3.81. The highest BCUT2D eigenvalue weighted by Gasteiger charge is 2.29. The monoisotopic (exact) mass is 466 g/mol. The van der Waals surface area contributed by atoms with Crippen LogP contribution in [0.5, 0.6) is 0 Å². The van der Waals surface area contributed by atoms with Crippen molar-refractivity contribution in [3.63, 3.8) is 0 Å². The van der Waals surface area contributed by atoms with Gasteiger partial charge in [0.15, 0.2) is 0 Å². The zero-order valence-corrected chi connectivity index (χ0v) is 17.8. The van der Waals surface area contributed by atoms with Gasteiger partial charge in [-0.1, -0.05) is 23.2 Å². The number of nitrogens with zero attached hydrogens (tertiary/aromatic N) is 3. The molecule has 1 saturated heterocycles. The first-order valence-electron chi connectivity index (χ1n) is 9.05. The number of halogens is 2. The molecule has 3 aromatic rings. The quantitative estimate of drug-likeness (QED) is 0.636. The van der Waals surface area contributed by atoms with Crippen molar-refractivity contribution in [1.29, 1.82) is 0 Å². The van der Waals surface area contributed by atoms with E-state index < -0.39 is 21.5 Å². The van der Waals surface area contributed by atoms with Gasteiger partial charge in [0, 0.05) is 23.7 Å². The standard InChI is InChI=1S/C19H16Cl2N4O4S/c20-13-4-6-16-14(10-13)19(27)25(11-22-16)23-18(26)12-3-5-15(21)17(9-12)30(28,29)24-7-1-2-8-24/h3-6,9-11H,1-2,7-8H2,(H,23,26). The van der Waals surface area contributed by atoms with Crippen molar-refractivity contribution >= 4 is 50.0 Å². The second-order valence-corrected chi connectivity index (χ2v) is 9.53. The van der Waals surface area contributed by atoms with Crippen LogP contribution in [-0.4, -0.2) is 41.4 Å². The molecule has 1 fully saturated rings. The van der Waals surface area contributed by atoms with Crippen LogP contribution in [0.25, 0.3) is 10.9 Å². The van der Waals surface area contributed by atoms with E-state index in [2.05, 4.69) is 10.4 Å². The maximum absolute atomic E-state index is 12.9. The lowest BCUT2D eigenvalue weighted by atomic mass is 10.2. The van der Waals surface area contributed by atoms with Gasteiger partial charge >= 0.3 is 0 Å². The van der Waals surface area contributed by atoms with Crippen LogP contribution in [0, 0.1) is 0 Å². The number of benzene rings is 2. The molecule has 0 unspecified atom stereocenters. The van der Waals surface area contributed by atoms with Gasteiger partial charge < -0.3 is 0 Å². The van der Waals surface area contributed by atoms with Gasteiger partial charge in [-0.15, -0.1) is 0 Å². The summed E-state index contributed by atoms with van der Waals surface area (Å²) in [7, 11) is -3.81. The second-order valence-electron chi connectivity index (χ2n) is 6.78. The summed E-state index contributed by atoms with van der Waals surface area (Å²) in [5.74, 6) is -0.685. The van der Waals surface area contributed by atoms with Crippen LogP contribution in [0.3, 0.4) is 0 Å². The predicted octanol–water partition coefficient (Wildman–Crippen LogP) is 2.87. The van der Waals surface area contributed by atoms with Gasteiger partial charge in [-0.2, -0.15) is 4.31 Å². The Balaban J connectivity index is 1.67. The highest BCUT2D eigenvalue weighted by atomic mass is 35.5. The molecule has 0 bridgehead atoms. The number of carbonyl (C=O) groups excluding carboxylic acids is 1. The van der Waals surface area contributed by atoms with E-state index in [1.807, 2.05) is 0 Å². The molecule has 1 aromatic heterocycles. The molecule has 1 amide bonds. The number of carbonyl (C=O) groups is 1. The summed E-state index contributed by atoms with van der Waals surface area (Å²) in [5, 5.41) is 0.622. The molecule has 0 radical (unpaired) electrons.